The third kappa shape index (κ3) is 9.72. The Bertz CT molecular complexity index is 619. The highest BCUT2D eigenvalue weighted by molar-refractivity contribution is 14.0. The second kappa shape index (κ2) is 14.7. The summed E-state index contributed by atoms with van der Waals surface area (Å²) < 4.78 is 5.04. The molecular formula is C21H38IN5O2S. The standard InChI is InChI=1S/C21H37N5O2S.HI/c1-5-22-20(23-15-18(14-16(3)4)25-21(27)28-6-2)24-17-9-11-26(12-10-17)19-8-7-13-29-19;/h7-8,13,16-18H,5-6,9-12,14-15H2,1-4H3,(H,25,27)(H2,22,23,24);1H. The largest absolute Gasteiger partial charge is 0.450 e. The van der Waals surface area contributed by atoms with Gasteiger partial charge in [0.2, 0.25) is 0 Å². The van der Waals surface area contributed by atoms with E-state index in [2.05, 4.69) is 59.1 Å². The molecule has 0 spiro atoms. The number of aliphatic imine (C=N–C) groups is 1. The fourth-order valence-corrected chi connectivity index (χ4v) is 4.28. The van der Waals surface area contributed by atoms with E-state index in [0.717, 1.165) is 44.9 Å². The molecular weight excluding hydrogens is 513 g/mol. The van der Waals surface area contributed by atoms with Crippen LogP contribution in [-0.4, -0.2) is 56.9 Å². The molecule has 1 aliphatic rings. The van der Waals surface area contributed by atoms with E-state index in [9.17, 15) is 4.79 Å². The molecule has 0 aromatic carbocycles. The number of guanidine groups is 1. The number of nitrogens with zero attached hydrogens (tertiary/aromatic N) is 2. The van der Waals surface area contributed by atoms with Crippen LogP contribution in [0.25, 0.3) is 0 Å². The lowest BCUT2D eigenvalue weighted by molar-refractivity contribution is 0.147. The molecule has 2 heterocycles. The van der Waals surface area contributed by atoms with Gasteiger partial charge in [0.05, 0.1) is 24.2 Å². The van der Waals surface area contributed by atoms with Gasteiger partial charge in [-0.05, 0) is 56.5 Å². The number of thiophene rings is 1. The zero-order chi connectivity index (χ0) is 21.1. The molecule has 1 fully saturated rings. The Balaban J connectivity index is 0.00000450. The summed E-state index contributed by atoms with van der Waals surface area (Å²) in [5.74, 6) is 1.29. The number of ether oxygens (including phenoxy) is 1. The van der Waals surface area contributed by atoms with Gasteiger partial charge in [0, 0.05) is 25.7 Å². The van der Waals surface area contributed by atoms with Crippen LogP contribution in [-0.2, 0) is 4.74 Å². The van der Waals surface area contributed by atoms with Crippen molar-refractivity contribution in [2.45, 2.75) is 59.0 Å². The number of carbonyl (C=O) groups is 1. The minimum absolute atomic E-state index is 0. The number of piperidine rings is 1. The lowest BCUT2D eigenvalue weighted by atomic mass is 10.0. The molecule has 1 unspecified atom stereocenters. The summed E-state index contributed by atoms with van der Waals surface area (Å²) in [5.41, 5.74) is 0. The first-order valence-electron chi connectivity index (χ1n) is 10.8. The molecule has 172 valence electrons. The molecule has 1 amide bonds. The Labute approximate surface area is 202 Å². The van der Waals surface area contributed by atoms with Gasteiger partial charge in [0.25, 0.3) is 0 Å². The van der Waals surface area contributed by atoms with Crippen molar-refractivity contribution in [3.63, 3.8) is 0 Å². The average molecular weight is 552 g/mol. The van der Waals surface area contributed by atoms with E-state index in [1.165, 1.54) is 5.00 Å². The monoisotopic (exact) mass is 551 g/mol. The summed E-state index contributed by atoms with van der Waals surface area (Å²) in [4.78, 5) is 19.0. The van der Waals surface area contributed by atoms with Gasteiger partial charge < -0.3 is 25.6 Å². The lowest BCUT2D eigenvalue weighted by Crippen LogP contribution is -2.49. The van der Waals surface area contributed by atoms with E-state index in [0.29, 0.717) is 25.1 Å². The van der Waals surface area contributed by atoms with Crippen LogP contribution < -0.4 is 20.9 Å². The Morgan fingerprint density at radius 3 is 2.63 bits per heavy atom. The summed E-state index contributed by atoms with van der Waals surface area (Å²) in [6.07, 6.45) is 2.66. The summed E-state index contributed by atoms with van der Waals surface area (Å²) >= 11 is 1.80. The lowest BCUT2D eigenvalue weighted by Gasteiger charge is -2.33. The van der Waals surface area contributed by atoms with Gasteiger partial charge >= 0.3 is 6.09 Å². The second-order valence-corrected chi connectivity index (χ2v) is 8.69. The van der Waals surface area contributed by atoms with E-state index in [4.69, 9.17) is 9.73 Å². The summed E-state index contributed by atoms with van der Waals surface area (Å²) in [7, 11) is 0. The molecule has 0 aliphatic carbocycles. The van der Waals surface area contributed by atoms with Crippen LogP contribution in [0.4, 0.5) is 9.80 Å². The number of alkyl carbamates (subject to hydrolysis) is 1. The Hall–Kier alpha value is -1.23. The van der Waals surface area contributed by atoms with Crippen LogP contribution in [0.3, 0.4) is 0 Å². The summed E-state index contributed by atoms with van der Waals surface area (Å²) in [5, 5.41) is 13.3. The van der Waals surface area contributed by atoms with Crippen molar-refractivity contribution in [1.82, 2.24) is 16.0 Å². The van der Waals surface area contributed by atoms with Gasteiger partial charge in [-0.15, -0.1) is 35.3 Å². The molecule has 0 saturated carbocycles. The zero-order valence-electron chi connectivity index (χ0n) is 18.6. The second-order valence-electron chi connectivity index (χ2n) is 7.77. The minimum atomic E-state index is -0.368. The highest BCUT2D eigenvalue weighted by Crippen LogP contribution is 2.24. The molecule has 1 aromatic heterocycles. The molecule has 0 bridgehead atoms. The zero-order valence-corrected chi connectivity index (χ0v) is 21.8. The molecule has 3 N–H and O–H groups in total. The van der Waals surface area contributed by atoms with Crippen LogP contribution in [0.15, 0.2) is 22.5 Å². The first-order valence-corrected chi connectivity index (χ1v) is 11.7. The molecule has 1 aliphatic heterocycles. The SMILES string of the molecule is CCNC(=NCC(CC(C)C)NC(=O)OCC)NC1CCN(c2cccs2)CC1.I. The molecule has 9 heteroatoms. The first-order chi connectivity index (χ1) is 14.0. The van der Waals surface area contributed by atoms with Gasteiger partial charge in [-0.25, -0.2) is 4.79 Å². The predicted octanol–water partition coefficient (Wildman–Crippen LogP) is 4.05. The van der Waals surface area contributed by atoms with E-state index in [1.807, 2.05) is 6.92 Å². The van der Waals surface area contributed by atoms with Crippen molar-refractivity contribution >= 4 is 52.4 Å². The molecule has 0 radical (unpaired) electrons. The van der Waals surface area contributed by atoms with Crippen LogP contribution >= 0.6 is 35.3 Å². The Morgan fingerprint density at radius 2 is 2.07 bits per heavy atom. The van der Waals surface area contributed by atoms with E-state index in [1.54, 1.807) is 11.3 Å². The van der Waals surface area contributed by atoms with Crippen molar-refractivity contribution < 1.29 is 9.53 Å². The smallest absolute Gasteiger partial charge is 0.407 e. The predicted molar refractivity (Wildman–Crippen MR) is 137 cm³/mol. The van der Waals surface area contributed by atoms with Crippen molar-refractivity contribution in [1.29, 1.82) is 0 Å². The number of amides is 1. The van der Waals surface area contributed by atoms with Crippen molar-refractivity contribution in [2.75, 3.05) is 37.7 Å². The van der Waals surface area contributed by atoms with Crippen LogP contribution in [0.2, 0.25) is 0 Å². The van der Waals surface area contributed by atoms with Gasteiger partial charge in [-0.3, -0.25) is 4.99 Å². The molecule has 2 rings (SSSR count). The van der Waals surface area contributed by atoms with Crippen molar-refractivity contribution in [3.8, 4) is 0 Å². The number of hydrogen-bond donors (Lipinski definition) is 3. The number of nitrogens with one attached hydrogen (secondary N) is 3. The van der Waals surface area contributed by atoms with E-state index < -0.39 is 0 Å². The fraction of sp³-hybridized carbons (Fsp3) is 0.714. The van der Waals surface area contributed by atoms with Crippen LogP contribution in [0.5, 0.6) is 0 Å². The number of anilines is 1. The average Bonchev–Trinajstić information content (AvgIpc) is 3.21. The molecule has 1 atom stereocenters. The fourth-order valence-electron chi connectivity index (χ4n) is 3.50. The highest BCUT2D eigenvalue weighted by Gasteiger charge is 2.21. The topological polar surface area (TPSA) is 78.0 Å². The third-order valence-corrected chi connectivity index (χ3v) is 5.75. The molecule has 1 aromatic rings. The van der Waals surface area contributed by atoms with E-state index in [-0.39, 0.29) is 36.1 Å². The number of carbonyl (C=O) groups excluding carboxylic acids is 1. The maximum Gasteiger partial charge on any atom is 0.407 e. The van der Waals surface area contributed by atoms with Gasteiger partial charge in [-0.1, -0.05) is 13.8 Å². The molecule has 7 nitrogen and oxygen atoms in total. The van der Waals surface area contributed by atoms with Crippen molar-refractivity contribution in [3.05, 3.63) is 17.5 Å². The van der Waals surface area contributed by atoms with Crippen LogP contribution in [0, 0.1) is 5.92 Å². The number of halogens is 1. The van der Waals surface area contributed by atoms with Crippen LogP contribution in [0.1, 0.15) is 47.0 Å². The molecule has 1 saturated heterocycles. The Morgan fingerprint density at radius 1 is 1.33 bits per heavy atom. The van der Waals surface area contributed by atoms with Gasteiger partial charge in [0.1, 0.15) is 0 Å². The van der Waals surface area contributed by atoms with E-state index >= 15 is 0 Å². The number of hydrogen-bond acceptors (Lipinski definition) is 5. The minimum Gasteiger partial charge on any atom is -0.450 e. The normalized spacial score (nSPS) is 16.0. The maximum atomic E-state index is 11.8. The third-order valence-electron chi connectivity index (χ3n) is 4.82. The quantitative estimate of drug-likeness (QED) is 0.245. The van der Waals surface area contributed by atoms with Gasteiger partial charge in [0.15, 0.2) is 5.96 Å². The Kier molecular flexibility index (Phi) is 13.2. The molecule has 30 heavy (non-hydrogen) atoms. The first kappa shape index (κ1) is 26.8. The highest BCUT2D eigenvalue weighted by atomic mass is 127. The van der Waals surface area contributed by atoms with Crippen molar-refractivity contribution in [2.24, 2.45) is 10.9 Å². The summed E-state index contributed by atoms with van der Waals surface area (Å²) in [6, 6.07) is 4.67. The number of rotatable bonds is 9. The maximum absolute atomic E-state index is 11.8. The summed E-state index contributed by atoms with van der Waals surface area (Å²) in [6.45, 7) is 12.0. The van der Waals surface area contributed by atoms with Gasteiger partial charge in [-0.2, -0.15) is 0 Å².